The fourth-order valence-electron chi connectivity index (χ4n) is 2.68. The Hall–Kier alpha value is -4.48. The van der Waals surface area contributed by atoms with Crippen LogP contribution in [0.2, 0.25) is 0 Å². The predicted molar refractivity (Wildman–Crippen MR) is 104 cm³/mol. The van der Waals surface area contributed by atoms with Gasteiger partial charge < -0.3 is 14.9 Å². The third-order valence-electron chi connectivity index (χ3n) is 4.04. The van der Waals surface area contributed by atoms with Gasteiger partial charge in [-0.05, 0) is 41.5 Å². The normalized spacial score (nSPS) is 11.1. The maximum atomic E-state index is 12.8. The lowest BCUT2D eigenvalue weighted by Gasteiger charge is -2.07. The SMILES string of the molecule is COc1cccc(-c2c(C(=O)N/N=C\c3ccc(C)o3)nnn2-c2nonc2N)c1. The highest BCUT2D eigenvalue weighted by molar-refractivity contribution is 5.98. The summed E-state index contributed by atoms with van der Waals surface area (Å²) >= 11 is 0. The highest BCUT2D eigenvalue weighted by Crippen LogP contribution is 2.28. The number of hydrogen-bond acceptors (Lipinski definition) is 10. The number of rotatable bonds is 6. The van der Waals surface area contributed by atoms with Crippen molar-refractivity contribution < 1.29 is 18.6 Å². The molecule has 0 fully saturated rings. The van der Waals surface area contributed by atoms with Gasteiger partial charge >= 0.3 is 0 Å². The van der Waals surface area contributed by atoms with Crippen LogP contribution in [0.25, 0.3) is 17.1 Å². The average molecular weight is 408 g/mol. The minimum Gasteiger partial charge on any atom is -0.497 e. The number of hydrazone groups is 1. The lowest BCUT2D eigenvalue weighted by Crippen LogP contribution is -2.19. The van der Waals surface area contributed by atoms with Crippen LogP contribution in [-0.2, 0) is 0 Å². The molecule has 152 valence electrons. The molecular formula is C18H16N8O4. The van der Waals surface area contributed by atoms with Crippen LogP contribution >= 0.6 is 0 Å². The lowest BCUT2D eigenvalue weighted by atomic mass is 10.1. The largest absolute Gasteiger partial charge is 0.497 e. The summed E-state index contributed by atoms with van der Waals surface area (Å²) in [6.07, 6.45) is 1.38. The number of nitrogens with zero attached hydrogens (tertiary/aromatic N) is 6. The number of carbonyl (C=O) groups excluding carboxylic acids is 1. The van der Waals surface area contributed by atoms with E-state index in [1.54, 1.807) is 43.3 Å². The maximum absolute atomic E-state index is 12.8. The molecule has 0 saturated heterocycles. The van der Waals surface area contributed by atoms with Crippen LogP contribution in [0.3, 0.4) is 0 Å². The van der Waals surface area contributed by atoms with Crippen LogP contribution in [0.1, 0.15) is 22.0 Å². The van der Waals surface area contributed by atoms with Crippen LogP contribution in [-0.4, -0.2) is 44.5 Å². The van der Waals surface area contributed by atoms with E-state index in [0.29, 0.717) is 22.8 Å². The van der Waals surface area contributed by atoms with Gasteiger partial charge in [0.2, 0.25) is 11.6 Å². The molecule has 3 N–H and O–H groups in total. The minimum absolute atomic E-state index is 0.0118. The van der Waals surface area contributed by atoms with Crippen LogP contribution < -0.4 is 15.9 Å². The van der Waals surface area contributed by atoms with Crippen molar-refractivity contribution in [3.8, 4) is 22.8 Å². The first-order valence-corrected chi connectivity index (χ1v) is 8.65. The first-order valence-electron chi connectivity index (χ1n) is 8.65. The summed E-state index contributed by atoms with van der Waals surface area (Å²) in [7, 11) is 1.53. The first kappa shape index (κ1) is 18.9. The Kier molecular flexibility index (Phi) is 4.95. The molecule has 0 bridgehead atoms. The highest BCUT2D eigenvalue weighted by Gasteiger charge is 2.25. The number of carbonyl (C=O) groups is 1. The molecule has 3 aromatic heterocycles. The Morgan fingerprint density at radius 3 is 2.87 bits per heavy atom. The third kappa shape index (κ3) is 3.61. The third-order valence-corrected chi connectivity index (χ3v) is 4.04. The Morgan fingerprint density at radius 1 is 1.30 bits per heavy atom. The predicted octanol–water partition coefficient (Wildman–Crippen LogP) is 1.57. The summed E-state index contributed by atoms with van der Waals surface area (Å²) in [6, 6.07) is 10.5. The molecule has 12 heteroatoms. The van der Waals surface area contributed by atoms with E-state index in [-0.39, 0.29) is 17.3 Å². The molecule has 0 aliphatic rings. The Balaban J connectivity index is 1.72. The van der Waals surface area contributed by atoms with Crippen molar-refractivity contribution in [2.75, 3.05) is 12.8 Å². The molecule has 1 amide bonds. The number of methoxy groups -OCH3 is 1. The number of aromatic nitrogens is 5. The fourth-order valence-corrected chi connectivity index (χ4v) is 2.68. The van der Waals surface area contributed by atoms with Gasteiger partial charge in [-0.2, -0.15) is 9.78 Å². The monoisotopic (exact) mass is 408 g/mol. The van der Waals surface area contributed by atoms with E-state index in [1.165, 1.54) is 18.0 Å². The smallest absolute Gasteiger partial charge is 0.294 e. The van der Waals surface area contributed by atoms with E-state index in [9.17, 15) is 4.79 Å². The minimum atomic E-state index is -0.603. The van der Waals surface area contributed by atoms with E-state index in [1.807, 2.05) is 0 Å². The summed E-state index contributed by atoms with van der Waals surface area (Å²) in [5, 5.41) is 19.1. The molecular weight excluding hydrogens is 392 g/mol. The number of nitrogens with one attached hydrogen (secondary N) is 1. The van der Waals surface area contributed by atoms with Crippen LogP contribution in [0.5, 0.6) is 5.75 Å². The lowest BCUT2D eigenvalue weighted by molar-refractivity contribution is 0.0950. The number of anilines is 1. The van der Waals surface area contributed by atoms with Gasteiger partial charge in [0, 0.05) is 5.56 Å². The molecule has 4 rings (SSSR count). The number of furan rings is 1. The van der Waals surface area contributed by atoms with Gasteiger partial charge in [0.05, 0.1) is 13.3 Å². The average Bonchev–Trinajstić information content (AvgIpc) is 3.47. The van der Waals surface area contributed by atoms with Crippen LogP contribution in [0.15, 0.2) is 50.5 Å². The van der Waals surface area contributed by atoms with E-state index in [2.05, 4.69) is 35.8 Å². The van der Waals surface area contributed by atoms with Gasteiger partial charge in [-0.25, -0.2) is 10.1 Å². The summed E-state index contributed by atoms with van der Waals surface area (Å²) in [6.45, 7) is 1.80. The quantitative estimate of drug-likeness (QED) is 0.356. The molecule has 0 aliphatic heterocycles. The molecule has 0 radical (unpaired) electrons. The van der Waals surface area contributed by atoms with Crippen molar-refractivity contribution in [2.45, 2.75) is 6.92 Å². The van der Waals surface area contributed by atoms with Gasteiger partial charge in [-0.1, -0.05) is 17.3 Å². The van der Waals surface area contributed by atoms with Gasteiger partial charge in [0.25, 0.3) is 5.91 Å². The summed E-state index contributed by atoms with van der Waals surface area (Å²) in [4.78, 5) is 12.8. The summed E-state index contributed by atoms with van der Waals surface area (Å²) < 4.78 is 16.5. The van der Waals surface area contributed by atoms with Crippen LogP contribution in [0, 0.1) is 6.92 Å². The zero-order chi connectivity index (χ0) is 21.1. The molecule has 3 heterocycles. The van der Waals surface area contributed by atoms with Gasteiger partial charge in [-0.15, -0.1) is 5.10 Å². The van der Waals surface area contributed by atoms with Crippen molar-refractivity contribution >= 4 is 17.9 Å². The second-order valence-corrected chi connectivity index (χ2v) is 6.05. The summed E-state index contributed by atoms with van der Waals surface area (Å²) in [5.74, 6) is 1.27. The summed E-state index contributed by atoms with van der Waals surface area (Å²) in [5.41, 5.74) is 9.06. The Labute approximate surface area is 169 Å². The molecule has 30 heavy (non-hydrogen) atoms. The number of aryl methyl sites for hydroxylation is 1. The van der Waals surface area contributed by atoms with Crippen molar-refractivity contribution in [3.63, 3.8) is 0 Å². The number of benzene rings is 1. The Morgan fingerprint density at radius 2 is 2.17 bits per heavy atom. The number of nitrogens with two attached hydrogens (primary N) is 1. The van der Waals surface area contributed by atoms with E-state index < -0.39 is 5.91 Å². The molecule has 0 saturated carbocycles. The molecule has 12 nitrogen and oxygen atoms in total. The molecule has 0 atom stereocenters. The van der Waals surface area contributed by atoms with Crippen LogP contribution in [0.4, 0.5) is 5.82 Å². The second kappa shape index (κ2) is 7.87. The first-order chi connectivity index (χ1) is 14.6. The van der Waals surface area contributed by atoms with Gasteiger partial charge in [0.15, 0.2) is 5.69 Å². The van der Waals surface area contributed by atoms with Gasteiger partial charge in [0.1, 0.15) is 23.0 Å². The van der Waals surface area contributed by atoms with Gasteiger partial charge in [-0.3, -0.25) is 4.79 Å². The number of amides is 1. The van der Waals surface area contributed by atoms with Crippen molar-refractivity contribution in [1.29, 1.82) is 0 Å². The Bertz CT molecular complexity index is 1220. The molecule has 0 aliphatic carbocycles. The van der Waals surface area contributed by atoms with E-state index >= 15 is 0 Å². The van der Waals surface area contributed by atoms with Crippen molar-refractivity contribution in [1.82, 2.24) is 30.7 Å². The maximum Gasteiger partial charge on any atom is 0.294 e. The van der Waals surface area contributed by atoms with E-state index in [0.717, 1.165) is 5.76 Å². The molecule has 0 spiro atoms. The number of ether oxygens (including phenoxy) is 1. The zero-order valence-electron chi connectivity index (χ0n) is 15.9. The highest BCUT2D eigenvalue weighted by atomic mass is 16.6. The van der Waals surface area contributed by atoms with Crippen molar-refractivity contribution in [2.24, 2.45) is 5.10 Å². The standard InChI is InChI=1S/C18H16N8O4/c1-10-6-7-13(29-10)9-20-22-18(27)14-15(11-4-3-5-12(8-11)28-2)26(25-21-14)17-16(19)23-30-24-17/h3-9H,1-2H3,(H2,19,23)(H,22,27)/b20-9-. The van der Waals surface area contributed by atoms with E-state index in [4.69, 9.17) is 14.9 Å². The van der Waals surface area contributed by atoms with Crippen molar-refractivity contribution in [3.05, 3.63) is 53.6 Å². The topological polar surface area (TPSA) is 159 Å². The molecule has 0 unspecified atom stereocenters. The second-order valence-electron chi connectivity index (χ2n) is 6.05. The molecule has 1 aromatic carbocycles. The number of hydrogen-bond donors (Lipinski definition) is 2. The fraction of sp³-hybridized carbons (Fsp3) is 0.111. The number of nitrogen functional groups attached to an aromatic ring is 1. The zero-order valence-corrected chi connectivity index (χ0v) is 15.9. The molecule has 4 aromatic rings.